The molecule has 1 aliphatic carbocycles. The molecule has 3 aliphatic rings. The van der Waals surface area contributed by atoms with Gasteiger partial charge in [-0.05, 0) is 86.6 Å². The van der Waals surface area contributed by atoms with E-state index in [4.69, 9.17) is 14.5 Å². The van der Waals surface area contributed by atoms with Crippen LogP contribution in [0, 0.1) is 5.92 Å². The van der Waals surface area contributed by atoms with Crippen molar-refractivity contribution in [3.05, 3.63) is 52.7 Å². The number of carboxylic acid groups (broad SMARTS) is 1. The van der Waals surface area contributed by atoms with Crippen LogP contribution < -0.4 is 10.1 Å². The number of hydrogen-bond acceptors (Lipinski definition) is 6. The van der Waals surface area contributed by atoms with Crippen LogP contribution in [0.25, 0.3) is 0 Å². The molecule has 2 fully saturated rings. The molecule has 0 radical (unpaired) electrons. The monoisotopic (exact) mass is 525 g/mol. The van der Waals surface area contributed by atoms with Gasteiger partial charge in [0.05, 0.1) is 7.11 Å². The van der Waals surface area contributed by atoms with Crippen molar-refractivity contribution in [2.24, 2.45) is 5.92 Å². The van der Waals surface area contributed by atoms with Crippen LogP contribution in [-0.2, 0) is 28.8 Å². The van der Waals surface area contributed by atoms with E-state index in [1.54, 1.807) is 12.0 Å². The molecule has 3 atom stereocenters. The molecule has 7 nitrogen and oxygen atoms in total. The lowest BCUT2D eigenvalue weighted by atomic mass is 9.99. The summed E-state index contributed by atoms with van der Waals surface area (Å²) in [6.07, 6.45) is 7.54. The first-order valence-electron chi connectivity index (χ1n) is 14.1. The Kier molecular flexibility index (Phi) is 8.79. The molecule has 0 amide bonds. The van der Waals surface area contributed by atoms with Gasteiger partial charge in [0.25, 0.3) is 0 Å². The summed E-state index contributed by atoms with van der Waals surface area (Å²) in [4.78, 5) is 18.8. The van der Waals surface area contributed by atoms with Crippen molar-refractivity contribution in [1.29, 1.82) is 0 Å². The van der Waals surface area contributed by atoms with Crippen molar-refractivity contribution >= 4 is 11.8 Å². The maximum atomic E-state index is 14.9. The number of aliphatic carboxylic acids is 1. The number of anilines is 1. The second-order valence-electron chi connectivity index (χ2n) is 11.0. The van der Waals surface area contributed by atoms with Gasteiger partial charge in [-0.25, -0.2) is 9.37 Å². The highest BCUT2D eigenvalue weighted by Crippen LogP contribution is 2.37. The molecule has 1 saturated carbocycles. The topological polar surface area (TPSA) is 83.9 Å². The molecule has 0 bridgehead atoms. The summed E-state index contributed by atoms with van der Waals surface area (Å²) >= 11 is 0. The van der Waals surface area contributed by atoms with Gasteiger partial charge in [0.1, 0.15) is 29.9 Å². The van der Waals surface area contributed by atoms with Crippen LogP contribution in [-0.4, -0.2) is 66.6 Å². The van der Waals surface area contributed by atoms with Gasteiger partial charge in [-0.3, -0.25) is 9.69 Å². The second kappa shape index (κ2) is 12.4. The number of nitrogens with one attached hydrogen (secondary N) is 1. The molecule has 206 valence electrons. The Morgan fingerprint density at radius 3 is 2.87 bits per heavy atom. The lowest BCUT2D eigenvalue weighted by molar-refractivity contribution is -0.143. The minimum atomic E-state index is -1.22. The molecule has 3 heterocycles. The third-order valence-corrected chi connectivity index (χ3v) is 8.00. The lowest BCUT2D eigenvalue weighted by Gasteiger charge is -2.26. The molecule has 2 aliphatic heterocycles. The number of aromatic nitrogens is 1. The maximum absolute atomic E-state index is 14.9. The highest BCUT2D eigenvalue weighted by molar-refractivity contribution is 5.77. The number of carboxylic acids is 1. The summed E-state index contributed by atoms with van der Waals surface area (Å²) in [5.74, 6) is 1.25. The zero-order valence-corrected chi connectivity index (χ0v) is 22.3. The number of aryl methyl sites for hydroxylation is 2. The smallest absolute Gasteiger partial charge is 0.325 e. The number of pyridine rings is 1. The molecule has 5 rings (SSSR count). The standard InChI is InChI=1S/C30H40FN3O4/c1-37-26-13-10-21(16-20-8-9-20)17-24(26)28(30(35)36)34-18-25(31)27(19-34)38-15-4-2-3-7-23-12-11-22-6-5-14-32-29(22)33-23/h10-13,17,20,25,27-28H,2-9,14-16,18-19H2,1H3,(H,32,33)(H,35,36)/t25-,27-,28?/m0/s1. The molecule has 1 saturated heterocycles. The van der Waals surface area contributed by atoms with Gasteiger partial charge >= 0.3 is 5.97 Å². The molecule has 2 N–H and O–H groups in total. The Bertz CT molecular complexity index is 1110. The molecule has 0 spiro atoms. The number of carbonyl (C=O) groups is 1. The van der Waals surface area contributed by atoms with Crippen LogP contribution in [0.2, 0.25) is 0 Å². The van der Waals surface area contributed by atoms with E-state index in [1.807, 2.05) is 18.2 Å². The van der Waals surface area contributed by atoms with E-state index >= 15 is 0 Å². The number of likely N-dealkylation sites (tertiary alicyclic amines) is 1. The Labute approximate surface area is 224 Å². The van der Waals surface area contributed by atoms with E-state index in [1.165, 1.54) is 18.4 Å². The Hall–Kier alpha value is -2.71. The minimum Gasteiger partial charge on any atom is -0.496 e. The van der Waals surface area contributed by atoms with Crippen LogP contribution in [0.4, 0.5) is 10.2 Å². The van der Waals surface area contributed by atoms with Gasteiger partial charge in [0.15, 0.2) is 0 Å². The van der Waals surface area contributed by atoms with E-state index in [9.17, 15) is 14.3 Å². The number of fused-ring (bicyclic) bond motifs is 1. The highest BCUT2D eigenvalue weighted by atomic mass is 19.1. The zero-order valence-electron chi connectivity index (χ0n) is 22.3. The SMILES string of the molecule is COc1ccc(CC2CC2)cc1C(C(=O)O)N1C[C@H](OCCCCCc2ccc3c(n2)NCCC3)[C@@H](F)C1. The fourth-order valence-corrected chi connectivity index (χ4v) is 5.72. The minimum absolute atomic E-state index is 0.0374. The van der Waals surface area contributed by atoms with Gasteiger partial charge in [-0.1, -0.05) is 18.6 Å². The predicted molar refractivity (Wildman–Crippen MR) is 145 cm³/mol. The van der Waals surface area contributed by atoms with E-state index in [-0.39, 0.29) is 13.1 Å². The van der Waals surface area contributed by atoms with Crippen molar-refractivity contribution in [3.63, 3.8) is 0 Å². The van der Waals surface area contributed by atoms with Crippen LogP contribution in [0.5, 0.6) is 5.75 Å². The summed E-state index contributed by atoms with van der Waals surface area (Å²) < 4.78 is 26.4. The fraction of sp³-hybridized carbons (Fsp3) is 0.600. The summed E-state index contributed by atoms with van der Waals surface area (Å²) in [7, 11) is 1.55. The summed E-state index contributed by atoms with van der Waals surface area (Å²) in [6, 6.07) is 9.13. The first-order chi connectivity index (χ1) is 18.5. The van der Waals surface area contributed by atoms with Crippen molar-refractivity contribution < 1.29 is 23.8 Å². The second-order valence-corrected chi connectivity index (χ2v) is 11.0. The van der Waals surface area contributed by atoms with Crippen LogP contribution >= 0.6 is 0 Å². The first-order valence-corrected chi connectivity index (χ1v) is 14.1. The molecule has 38 heavy (non-hydrogen) atoms. The van der Waals surface area contributed by atoms with E-state index < -0.39 is 24.3 Å². The first kappa shape index (κ1) is 26.9. The largest absolute Gasteiger partial charge is 0.496 e. The molecule has 1 unspecified atom stereocenters. The number of halogens is 1. The third-order valence-electron chi connectivity index (χ3n) is 8.00. The zero-order chi connectivity index (χ0) is 26.5. The Morgan fingerprint density at radius 1 is 1.21 bits per heavy atom. The third kappa shape index (κ3) is 6.64. The van der Waals surface area contributed by atoms with Crippen LogP contribution in [0.3, 0.4) is 0 Å². The number of rotatable bonds is 13. The summed E-state index contributed by atoms with van der Waals surface area (Å²) in [5, 5.41) is 13.5. The number of ether oxygens (including phenoxy) is 2. The van der Waals surface area contributed by atoms with Gasteiger partial charge in [-0.2, -0.15) is 0 Å². The van der Waals surface area contributed by atoms with E-state index in [0.29, 0.717) is 23.8 Å². The number of unbranched alkanes of at least 4 members (excludes halogenated alkanes) is 2. The van der Waals surface area contributed by atoms with Gasteiger partial charge in [0, 0.05) is 37.5 Å². The van der Waals surface area contributed by atoms with Crippen molar-refractivity contribution in [2.75, 3.05) is 38.7 Å². The number of hydrogen-bond donors (Lipinski definition) is 2. The van der Waals surface area contributed by atoms with Gasteiger partial charge < -0.3 is 19.9 Å². The summed E-state index contributed by atoms with van der Waals surface area (Å²) in [6.45, 7) is 1.74. The molecular weight excluding hydrogens is 485 g/mol. The quantitative estimate of drug-likeness (QED) is 0.357. The van der Waals surface area contributed by atoms with Gasteiger partial charge in [0.2, 0.25) is 0 Å². The maximum Gasteiger partial charge on any atom is 0.325 e. The molecular formula is C30H40FN3O4. The normalized spacial score (nSPS) is 22.1. The number of methoxy groups -OCH3 is 1. The van der Waals surface area contributed by atoms with Crippen molar-refractivity contribution in [3.8, 4) is 5.75 Å². The lowest BCUT2D eigenvalue weighted by Crippen LogP contribution is -2.34. The van der Waals surface area contributed by atoms with Crippen LogP contribution in [0.1, 0.15) is 67.0 Å². The fourth-order valence-electron chi connectivity index (χ4n) is 5.72. The molecule has 1 aromatic carbocycles. The number of alkyl halides is 1. The Balaban J connectivity index is 1.10. The van der Waals surface area contributed by atoms with Gasteiger partial charge in [-0.15, -0.1) is 0 Å². The highest BCUT2D eigenvalue weighted by Gasteiger charge is 2.41. The summed E-state index contributed by atoms with van der Waals surface area (Å²) in [5.41, 5.74) is 4.11. The van der Waals surface area contributed by atoms with Crippen molar-refractivity contribution in [1.82, 2.24) is 9.88 Å². The van der Waals surface area contributed by atoms with Crippen LogP contribution in [0.15, 0.2) is 30.3 Å². The average Bonchev–Trinajstić information content (AvgIpc) is 3.66. The number of benzene rings is 1. The molecule has 2 aromatic rings. The number of nitrogens with zero attached hydrogens (tertiary/aromatic N) is 2. The molecule has 8 heteroatoms. The van der Waals surface area contributed by atoms with E-state index in [2.05, 4.69) is 17.4 Å². The van der Waals surface area contributed by atoms with E-state index in [0.717, 1.165) is 68.6 Å². The Morgan fingerprint density at radius 2 is 2.08 bits per heavy atom. The average molecular weight is 526 g/mol. The predicted octanol–water partition coefficient (Wildman–Crippen LogP) is 4.98. The van der Waals surface area contributed by atoms with Crippen molar-refractivity contribution in [2.45, 2.75) is 76.1 Å². The molecule has 1 aromatic heterocycles.